The van der Waals surface area contributed by atoms with Crippen molar-refractivity contribution in [2.24, 2.45) is 0 Å². The predicted octanol–water partition coefficient (Wildman–Crippen LogP) is 4.83. The van der Waals surface area contributed by atoms with Crippen LogP contribution in [0.5, 0.6) is 0 Å². The lowest BCUT2D eigenvalue weighted by atomic mass is 10.1. The standard InChI is InChI=1S/C19H31NO3Si/c1-15(23-24(6,7)19(2,3)4)17(20-18(21)22-5)14-13-16-11-9-8-10-12-16/h8-15,17H,1-7H3,(H,20,21)/b14-13+/t15-,17+/m0/s1. The van der Waals surface area contributed by atoms with Gasteiger partial charge in [0.05, 0.1) is 19.3 Å². The Morgan fingerprint density at radius 2 is 1.79 bits per heavy atom. The third-order valence-electron chi connectivity index (χ3n) is 4.56. The lowest BCUT2D eigenvalue weighted by Gasteiger charge is -2.40. The van der Waals surface area contributed by atoms with E-state index in [9.17, 15) is 4.79 Å². The second-order valence-electron chi connectivity index (χ2n) is 7.51. The molecule has 0 radical (unpaired) electrons. The fourth-order valence-electron chi connectivity index (χ4n) is 2.01. The van der Waals surface area contributed by atoms with Crippen LogP contribution in [0.1, 0.15) is 33.3 Å². The minimum atomic E-state index is -1.93. The SMILES string of the molecule is COC(=O)N[C@H](/C=C/c1ccccc1)[C@H](C)O[Si](C)(C)C(C)(C)C. The molecule has 0 aliphatic rings. The lowest BCUT2D eigenvalue weighted by molar-refractivity contribution is 0.142. The second kappa shape index (κ2) is 8.49. The third kappa shape index (κ3) is 6.13. The van der Waals surface area contributed by atoms with Crippen LogP contribution in [0.15, 0.2) is 36.4 Å². The Morgan fingerprint density at radius 1 is 1.21 bits per heavy atom. The highest BCUT2D eigenvalue weighted by Gasteiger charge is 2.39. The van der Waals surface area contributed by atoms with Crippen LogP contribution in [-0.4, -0.2) is 33.7 Å². The molecule has 0 fully saturated rings. The van der Waals surface area contributed by atoms with Gasteiger partial charge in [-0.3, -0.25) is 0 Å². The molecule has 0 saturated heterocycles. The van der Waals surface area contributed by atoms with Gasteiger partial charge in [-0.25, -0.2) is 4.79 Å². The molecule has 0 aromatic heterocycles. The predicted molar refractivity (Wildman–Crippen MR) is 103 cm³/mol. The molecule has 0 bridgehead atoms. The highest BCUT2D eigenvalue weighted by Crippen LogP contribution is 2.37. The van der Waals surface area contributed by atoms with Crippen LogP contribution in [0.25, 0.3) is 6.08 Å². The first-order valence-electron chi connectivity index (χ1n) is 8.32. The van der Waals surface area contributed by atoms with Crippen molar-refractivity contribution in [2.45, 2.75) is 58.0 Å². The van der Waals surface area contributed by atoms with E-state index >= 15 is 0 Å². The van der Waals surface area contributed by atoms with E-state index in [-0.39, 0.29) is 17.2 Å². The van der Waals surface area contributed by atoms with Gasteiger partial charge in [0.25, 0.3) is 0 Å². The van der Waals surface area contributed by atoms with Crippen molar-refractivity contribution in [2.75, 3.05) is 7.11 Å². The molecule has 0 aliphatic carbocycles. The molecular formula is C19H31NO3Si. The summed E-state index contributed by atoms with van der Waals surface area (Å²) in [5, 5.41) is 2.97. The van der Waals surface area contributed by atoms with E-state index < -0.39 is 14.4 Å². The number of hydrogen-bond acceptors (Lipinski definition) is 3. The van der Waals surface area contributed by atoms with Gasteiger partial charge in [-0.05, 0) is 30.6 Å². The molecular weight excluding hydrogens is 318 g/mol. The zero-order chi connectivity index (χ0) is 18.4. The highest BCUT2D eigenvalue weighted by molar-refractivity contribution is 6.74. The van der Waals surface area contributed by atoms with Gasteiger partial charge >= 0.3 is 6.09 Å². The highest BCUT2D eigenvalue weighted by atomic mass is 28.4. The topological polar surface area (TPSA) is 47.6 Å². The van der Waals surface area contributed by atoms with E-state index in [1.165, 1.54) is 7.11 Å². The maximum absolute atomic E-state index is 11.7. The molecule has 1 amide bonds. The number of rotatable bonds is 6. The molecule has 1 aromatic carbocycles. The van der Waals surface area contributed by atoms with Gasteiger partial charge in [0.2, 0.25) is 0 Å². The minimum absolute atomic E-state index is 0.111. The van der Waals surface area contributed by atoms with Crippen molar-refractivity contribution < 1.29 is 14.0 Å². The largest absolute Gasteiger partial charge is 0.453 e. The van der Waals surface area contributed by atoms with Gasteiger partial charge in [-0.2, -0.15) is 0 Å². The van der Waals surface area contributed by atoms with Crippen molar-refractivity contribution in [3.05, 3.63) is 42.0 Å². The summed E-state index contributed by atoms with van der Waals surface area (Å²) in [5.41, 5.74) is 1.08. The molecule has 134 valence electrons. The van der Waals surface area contributed by atoms with Crippen molar-refractivity contribution in [1.82, 2.24) is 5.32 Å². The van der Waals surface area contributed by atoms with Gasteiger partial charge < -0.3 is 14.5 Å². The molecule has 24 heavy (non-hydrogen) atoms. The number of alkyl carbamates (subject to hydrolysis) is 1. The Hall–Kier alpha value is -1.59. The molecule has 0 saturated carbocycles. The molecule has 0 unspecified atom stereocenters. The van der Waals surface area contributed by atoms with Gasteiger partial charge in [-0.1, -0.05) is 63.3 Å². The van der Waals surface area contributed by atoms with Crippen LogP contribution in [0.4, 0.5) is 4.79 Å². The first-order chi connectivity index (χ1) is 11.1. The zero-order valence-corrected chi connectivity index (χ0v) is 16.9. The number of ether oxygens (including phenoxy) is 1. The monoisotopic (exact) mass is 349 g/mol. The summed E-state index contributed by atoms with van der Waals surface area (Å²) in [6.07, 6.45) is 3.35. The van der Waals surface area contributed by atoms with Crippen LogP contribution in [0.3, 0.4) is 0 Å². The van der Waals surface area contributed by atoms with E-state index in [0.29, 0.717) is 0 Å². The van der Waals surface area contributed by atoms with Crippen LogP contribution < -0.4 is 5.32 Å². The van der Waals surface area contributed by atoms with Gasteiger partial charge in [0, 0.05) is 0 Å². The molecule has 0 heterocycles. The minimum Gasteiger partial charge on any atom is -0.453 e. The Morgan fingerprint density at radius 3 is 2.29 bits per heavy atom. The van der Waals surface area contributed by atoms with Gasteiger partial charge in [-0.15, -0.1) is 0 Å². The second-order valence-corrected chi connectivity index (χ2v) is 12.3. The van der Waals surface area contributed by atoms with Crippen molar-refractivity contribution >= 4 is 20.5 Å². The van der Waals surface area contributed by atoms with E-state index in [4.69, 9.17) is 9.16 Å². The maximum atomic E-state index is 11.7. The summed E-state index contributed by atoms with van der Waals surface area (Å²) in [4.78, 5) is 11.7. The van der Waals surface area contributed by atoms with E-state index in [1.807, 2.05) is 49.4 Å². The summed E-state index contributed by atoms with van der Waals surface area (Å²) in [5.74, 6) is 0. The fourth-order valence-corrected chi connectivity index (χ4v) is 3.44. The summed E-state index contributed by atoms with van der Waals surface area (Å²) in [6, 6.07) is 9.73. The number of methoxy groups -OCH3 is 1. The summed E-state index contributed by atoms with van der Waals surface area (Å²) in [6.45, 7) is 13.0. The Labute approximate surface area is 147 Å². The lowest BCUT2D eigenvalue weighted by Crippen LogP contribution is -2.50. The fraction of sp³-hybridized carbons (Fsp3) is 0.526. The molecule has 2 atom stereocenters. The molecule has 0 spiro atoms. The van der Waals surface area contributed by atoms with Gasteiger partial charge in [0.15, 0.2) is 8.32 Å². The molecule has 0 aliphatic heterocycles. The molecule has 5 heteroatoms. The Kier molecular flexibility index (Phi) is 7.23. The average Bonchev–Trinajstić information content (AvgIpc) is 2.50. The zero-order valence-electron chi connectivity index (χ0n) is 15.9. The third-order valence-corrected chi connectivity index (χ3v) is 9.13. The summed E-state index contributed by atoms with van der Waals surface area (Å²) < 4.78 is 11.2. The molecule has 1 rings (SSSR count). The number of nitrogens with one attached hydrogen (secondary N) is 1. The van der Waals surface area contributed by atoms with Gasteiger partial charge in [0.1, 0.15) is 0 Å². The number of carbonyl (C=O) groups is 1. The summed E-state index contributed by atoms with van der Waals surface area (Å²) >= 11 is 0. The maximum Gasteiger partial charge on any atom is 0.407 e. The number of hydrogen-bond donors (Lipinski definition) is 1. The van der Waals surface area contributed by atoms with Crippen LogP contribution in [0, 0.1) is 0 Å². The summed E-state index contributed by atoms with van der Waals surface area (Å²) in [7, 11) is -0.559. The van der Waals surface area contributed by atoms with E-state index in [0.717, 1.165) is 5.56 Å². The Bertz CT molecular complexity index is 549. The van der Waals surface area contributed by atoms with Crippen molar-refractivity contribution in [3.8, 4) is 0 Å². The molecule has 4 nitrogen and oxygen atoms in total. The number of amides is 1. The number of benzene rings is 1. The van der Waals surface area contributed by atoms with E-state index in [1.54, 1.807) is 0 Å². The van der Waals surface area contributed by atoms with Crippen LogP contribution in [0.2, 0.25) is 18.1 Å². The van der Waals surface area contributed by atoms with Crippen molar-refractivity contribution in [1.29, 1.82) is 0 Å². The molecule has 1 aromatic rings. The van der Waals surface area contributed by atoms with Crippen molar-refractivity contribution in [3.63, 3.8) is 0 Å². The van der Waals surface area contributed by atoms with Crippen LogP contribution in [-0.2, 0) is 9.16 Å². The molecule has 1 N–H and O–H groups in total. The normalized spacial score (nSPS) is 15.1. The van der Waals surface area contributed by atoms with Crippen LogP contribution >= 0.6 is 0 Å². The Balaban J connectivity index is 2.92. The van der Waals surface area contributed by atoms with E-state index in [2.05, 4.69) is 39.2 Å². The first-order valence-corrected chi connectivity index (χ1v) is 11.2. The average molecular weight is 350 g/mol. The number of carbonyl (C=O) groups excluding carboxylic acids is 1. The quantitative estimate of drug-likeness (QED) is 0.748. The first kappa shape index (κ1) is 20.5. The smallest absolute Gasteiger partial charge is 0.407 e.